The molecule has 1 saturated carbocycles. The second-order valence-electron chi connectivity index (χ2n) is 9.31. The Hall–Kier alpha value is -2.28. The van der Waals surface area contributed by atoms with Gasteiger partial charge in [0.2, 0.25) is 5.89 Å². The average Bonchev–Trinajstić information content (AvgIpc) is 3.14. The fourth-order valence-electron chi connectivity index (χ4n) is 5.05. The zero-order chi connectivity index (χ0) is 20.6. The first-order chi connectivity index (χ1) is 14.6. The van der Waals surface area contributed by atoms with Gasteiger partial charge in [-0.15, -0.1) is 0 Å². The largest absolute Gasteiger partial charge is 0.375 e. The van der Waals surface area contributed by atoms with Gasteiger partial charge in [-0.05, 0) is 63.0 Å². The van der Waals surface area contributed by atoms with Gasteiger partial charge in [0, 0.05) is 44.4 Å². The fraction of sp³-hybridized carbons (Fsp3) is 0.652. The number of carbonyl (C=O) groups is 1. The number of pyridine rings is 1. The van der Waals surface area contributed by atoms with Crippen molar-refractivity contribution < 1.29 is 14.1 Å². The van der Waals surface area contributed by atoms with Gasteiger partial charge in [0.15, 0.2) is 5.82 Å². The molecule has 1 atom stereocenters. The summed E-state index contributed by atoms with van der Waals surface area (Å²) in [6, 6.07) is 1.91. The van der Waals surface area contributed by atoms with Crippen LogP contribution in [0.15, 0.2) is 23.0 Å². The third-order valence-electron chi connectivity index (χ3n) is 7.09. The maximum Gasteiger partial charge on any atom is 0.255 e. The molecule has 1 amide bonds. The number of piperidine rings is 1. The molecule has 3 aliphatic rings. The number of ether oxygens (including phenoxy) is 1. The molecule has 5 rings (SSSR count). The van der Waals surface area contributed by atoms with Gasteiger partial charge >= 0.3 is 0 Å². The molecule has 1 unspecified atom stereocenters. The van der Waals surface area contributed by atoms with E-state index in [1.54, 1.807) is 12.4 Å². The molecule has 0 radical (unpaired) electrons. The van der Waals surface area contributed by atoms with Gasteiger partial charge in [0.25, 0.3) is 5.91 Å². The SMILES string of the molecule is Cc1cncc(C(=O)N2CCC3(CC2)CC(Cc2noc(C4CCC4)n2)CCO3)c1. The number of nitrogens with zero attached hydrogens (tertiary/aromatic N) is 4. The summed E-state index contributed by atoms with van der Waals surface area (Å²) < 4.78 is 11.8. The van der Waals surface area contributed by atoms with Gasteiger partial charge in [-0.3, -0.25) is 9.78 Å². The van der Waals surface area contributed by atoms with E-state index in [2.05, 4.69) is 15.1 Å². The Kier molecular flexibility index (Phi) is 5.31. The molecule has 1 spiro atoms. The molecule has 2 aromatic heterocycles. The molecule has 7 nitrogen and oxygen atoms in total. The smallest absolute Gasteiger partial charge is 0.255 e. The van der Waals surface area contributed by atoms with Crippen molar-refractivity contribution in [3.63, 3.8) is 0 Å². The van der Waals surface area contributed by atoms with Gasteiger partial charge in [-0.1, -0.05) is 11.6 Å². The minimum atomic E-state index is -0.120. The fourth-order valence-corrected chi connectivity index (χ4v) is 5.05. The Morgan fingerprint density at radius 1 is 1.23 bits per heavy atom. The molecule has 160 valence electrons. The molecule has 30 heavy (non-hydrogen) atoms. The lowest BCUT2D eigenvalue weighted by atomic mass is 9.78. The first kappa shape index (κ1) is 19.7. The molecule has 2 saturated heterocycles. The second kappa shape index (κ2) is 8.10. The van der Waals surface area contributed by atoms with Crippen LogP contribution >= 0.6 is 0 Å². The Labute approximate surface area is 177 Å². The normalized spacial score (nSPS) is 24.0. The molecule has 3 fully saturated rings. The van der Waals surface area contributed by atoms with E-state index in [0.717, 1.165) is 69.1 Å². The molecule has 2 aliphatic heterocycles. The lowest BCUT2D eigenvalue weighted by molar-refractivity contribution is -0.123. The highest BCUT2D eigenvalue weighted by atomic mass is 16.5. The average molecular weight is 411 g/mol. The second-order valence-corrected chi connectivity index (χ2v) is 9.31. The van der Waals surface area contributed by atoms with Crippen LogP contribution in [-0.2, 0) is 11.2 Å². The maximum atomic E-state index is 12.8. The van der Waals surface area contributed by atoms with E-state index < -0.39 is 0 Å². The van der Waals surface area contributed by atoms with Gasteiger partial charge in [0.1, 0.15) is 0 Å². The number of aryl methyl sites for hydroxylation is 1. The Morgan fingerprint density at radius 3 is 2.80 bits per heavy atom. The summed E-state index contributed by atoms with van der Waals surface area (Å²) >= 11 is 0. The van der Waals surface area contributed by atoms with Crippen molar-refractivity contribution in [1.82, 2.24) is 20.0 Å². The maximum absolute atomic E-state index is 12.8. The van der Waals surface area contributed by atoms with Crippen LogP contribution in [-0.4, -0.2) is 51.2 Å². The van der Waals surface area contributed by atoms with Crippen LogP contribution < -0.4 is 0 Å². The number of hydrogen-bond donors (Lipinski definition) is 0. The molecule has 7 heteroatoms. The third-order valence-corrected chi connectivity index (χ3v) is 7.09. The summed E-state index contributed by atoms with van der Waals surface area (Å²) in [6.45, 7) is 4.19. The first-order valence-electron chi connectivity index (χ1n) is 11.3. The minimum Gasteiger partial charge on any atom is -0.375 e. The number of aromatic nitrogens is 3. The minimum absolute atomic E-state index is 0.0729. The zero-order valence-corrected chi connectivity index (χ0v) is 17.7. The number of carbonyl (C=O) groups excluding carboxylic acids is 1. The van der Waals surface area contributed by atoms with Crippen molar-refractivity contribution in [3.05, 3.63) is 41.3 Å². The van der Waals surface area contributed by atoms with E-state index in [-0.39, 0.29) is 11.5 Å². The van der Waals surface area contributed by atoms with Crippen LogP contribution in [0.5, 0.6) is 0 Å². The molecule has 0 bridgehead atoms. The predicted octanol–water partition coefficient (Wildman–Crippen LogP) is 3.68. The standard InChI is InChI=1S/C23H30N4O3/c1-16-11-19(15-24-14-16)22(28)27-8-6-23(7-9-27)13-17(5-10-29-23)12-20-25-21(30-26-20)18-3-2-4-18/h11,14-15,17-18H,2-10,12-13H2,1H3. The summed E-state index contributed by atoms with van der Waals surface area (Å²) in [5, 5.41) is 4.24. The summed E-state index contributed by atoms with van der Waals surface area (Å²) in [7, 11) is 0. The van der Waals surface area contributed by atoms with Crippen molar-refractivity contribution in [3.8, 4) is 0 Å². The van der Waals surface area contributed by atoms with E-state index in [1.165, 1.54) is 19.3 Å². The molecule has 2 aromatic rings. The molecular formula is C23H30N4O3. The van der Waals surface area contributed by atoms with Crippen LogP contribution in [0.3, 0.4) is 0 Å². The number of hydrogen-bond acceptors (Lipinski definition) is 6. The van der Waals surface area contributed by atoms with Crippen LogP contribution in [0.25, 0.3) is 0 Å². The highest BCUT2D eigenvalue weighted by molar-refractivity contribution is 5.94. The van der Waals surface area contributed by atoms with Gasteiger partial charge in [0.05, 0.1) is 11.2 Å². The van der Waals surface area contributed by atoms with Crippen molar-refractivity contribution in [2.24, 2.45) is 5.92 Å². The van der Waals surface area contributed by atoms with Crippen LogP contribution in [0.2, 0.25) is 0 Å². The number of amides is 1. The molecule has 0 aromatic carbocycles. The van der Waals surface area contributed by atoms with Crippen molar-refractivity contribution in [2.75, 3.05) is 19.7 Å². The van der Waals surface area contributed by atoms with Crippen LogP contribution in [0.1, 0.15) is 78.5 Å². The third kappa shape index (κ3) is 4.00. The van der Waals surface area contributed by atoms with Crippen molar-refractivity contribution in [2.45, 2.75) is 69.8 Å². The van der Waals surface area contributed by atoms with Crippen molar-refractivity contribution in [1.29, 1.82) is 0 Å². The van der Waals surface area contributed by atoms with Gasteiger partial charge in [-0.25, -0.2) is 0 Å². The quantitative estimate of drug-likeness (QED) is 0.765. The summed E-state index contributed by atoms with van der Waals surface area (Å²) in [5.74, 6) is 2.74. The summed E-state index contributed by atoms with van der Waals surface area (Å²) in [6.07, 6.45) is 11.7. The molecular weight excluding hydrogens is 380 g/mol. The Morgan fingerprint density at radius 2 is 2.07 bits per heavy atom. The van der Waals surface area contributed by atoms with Crippen LogP contribution in [0.4, 0.5) is 0 Å². The summed E-state index contributed by atoms with van der Waals surface area (Å²) in [4.78, 5) is 23.6. The van der Waals surface area contributed by atoms with Crippen LogP contribution in [0, 0.1) is 12.8 Å². The molecule has 0 N–H and O–H groups in total. The predicted molar refractivity (Wildman–Crippen MR) is 110 cm³/mol. The number of likely N-dealkylation sites (tertiary alicyclic amines) is 1. The number of rotatable bonds is 4. The van der Waals surface area contributed by atoms with Crippen molar-refractivity contribution >= 4 is 5.91 Å². The van der Waals surface area contributed by atoms with E-state index in [1.807, 2.05) is 17.9 Å². The highest BCUT2D eigenvalue weighted by Crippen LogP contribution is 2.39. The lowest BCUT2D eigenvalue weighted by Crippen LogP contribution is -2.51. The highest BCUT2D eigenvalue weighted by Gasteiger charge is 2.41. The van der Waals surface area contributed by atoms with E-state index in [0.29, 0.717) is 17.4 Å². The Bertz CT molecular complexity index is 899. The lowest BCUT2D eigenvalue weighted by Gasteiger charge is -2.46. The first-order valence-corrected chi connectivity index (χ1v) is 11.3. The summed E-state index contributed by atoms with van der Waals surface area (Å²) in [5.41, 5.74) is 1.56. The molecule has 1 aliphatic carbocycles. The molecule has 4 heterocycles. The van der Waals surface area contributed by atoms with Gasteiger partial charge < -0.3 is 14.2 Å². The van der Waals surface area contributed by atoms with E-state index in [9.17, 15) is 4.79 Å². The zero-order valence-electron chi connectivity index (χ0n) is 17.7. The Balaban J connectivity index is 1.18. The monoisotopic (exact) mass is 410 g/mol. The topological polar surface area (TPSA) is 81.4 Å². The van der Waals surface area contributed by atoms with E-state index in [4.69, 9.17) is 9.26 Å². The van der Waals surface area contributed by atoms with E-state index >= 15 is 0 Å². The van der Waals surface area contributed by atoms with Gasteiger partial charge in [-0.2, -0.15) is 4.98 Å².